The molecule has 1 saturated heterocycles. The van der Waals surface area contributed by atoms with Crippen LogP contribution in [0.15, 0.2) is 42.7 Å². The molecule has 0 radical (unpaired) electrons. The Morgan fingerprint density at radius 1 is 1.19 bits per heavy atom. The summed E-state index contributed by atoms with van der Waals surface area (Å²) >= 11 is 0. The molecule has 1 fully saturated rings. The number of anilines is 1. The number of hydrogen-bond acceptors (Lipinski definition) is 6. The Bertz CT molecular complexity index is 972. The van der Waals surface area contributed by atoms with E-state index in [2.05, 4.69) is 25.2 Å². The Balaban J connectivity index is 1.66. The van der Waals surface area contributed by atoms with Crippen LogP contribution in [0.1, 0.15) is 6.42 Å². The number of hydrogen-bond donors (Lipinski definition) is 1. The third-order valence-electron chi connectivity index (χ3n) is 4.62. The van der Waals surface area contributed by atoms with Gasteiger partial charge in [0.1, 0.15) is 0 Å². The quantitative estimate of drug-likeness (QED) is 0.749. The molecule has 0 spiro atoms. The van der Waals surface area contributed by atoms with Crippen molar-refractivity contribution < 1.29 is 9.53 Å². The zero-order valence-corrected chi connectivity index (χ0v) is 15.3. The summed E-state index contributed by atoms with van der Waals surface area (Å²) in [5, 5.41) is 2.82. The number of amides is 1. The lowest BCUT2D eigenvalue weighted by molar-refractivity contribution is -0.119. The molecule has 7 heteroatoms. The summed E-state index contributed by atoms with van der Waals surface area (Å²) < 4.78 is 5.96. The molecular weight excluding hydrogens is 342 g/mol. The second-order valence-electron chi connectivity index (χ2n) is 6.86. The molecule has 1 aromatic carbocycles. The first kappa shape index (κ1) is 17.2. The van der Waals surface area contributed by atoms with Crippen LogP contribution in [-0.4, -0.2) is 48.1 Å². The Hall–Kier alpha value is -3.22. The number of pyridine rings is 1. The Morgan fingerprint density at radius 3 is 2.67 bits per heavy atom. The highest BCUT2D eigenvalue weighted by Gasteiger charge is 2.23. The van der Waals surface area contributed by atoms with Crippen LogP contribution in [0, 0.1) is 5.92 Å². The van der Waals surface area contributed by atoms with Gasteiger partial charge in [-0.1, -0.05) is 12.1 Å². The number of nitrogens with one attached hydrogen (secondary N) is 1. The van der Waals surface area contributed by atoms with E-state index in [0.29, 0.717) is 31.0 Å². The number of carbonyl (C=O) groups is 1. The summed E-state index contributed by atoms with van der Waals surface area (Å²) in [5.74, 6) is 0.664. The van der Waals surface area contributed by atoms with Crippen molar-refractivity contribution in [1.29, 1.82) is 0 Å². The summed E-state index contributed by atoms with van der Waals surface area (Å²) in [4.78, 5) is 26.9. The molecule has 1 atom stereocenters. The van der Waals surface area contributed by atoms with E-state index in [-0.39, 0.29) is 11.8 Å². The number of fused-ring (bicyclic) bond motifs is 1. The van der Waals surface area contributed by atoms with E-state index in [1.165, 1.54) is 0 Å². The van der Waals surface area contributed by atoms with Crippen LogP contribution in [0.3, 0.4) is 0 Å². The van der Waals surface area contributed by atoms with Gasteiger partial charge < -0.3 is 15.0 Å². The highest BCUT2D eigenvalue weighted by molar-refractivity contribution is 5.83. The molecule has 0 aliphatic carbocycles. The van der Waals surface area contributed by atoms with Crippen LogP contribution < -0.4 is 15.0 Å². The van der Waals surface area contributed by atoms with Crippen LogP contribution in [0.5, 0.6) is 5.88 Å². The third-order valence-corrected chi connectivity index (χ3v) is 4.62. The molecule has 3 aromatic rings. The van der Waals surface area contributed by atoms with Crippen molar-refractivity contribution in [3.05, 3.63) is 42.7 Å². The number of nitrogens with zero attached hydrogens (tertiary/aromatic N) is 4. The average molecular weight is 363 g/mol. The summed E-state index contributed by atoms with van der Waals surface area (Å²) in [7, 11) is 4.01. The lowest BCUT2D eigenvalue weighted by atomic mass is 10.1. The van der Waals surface area contributed by atoms with E-state index in [4.69, 9.17) is 4.74 Å². The van der Waals surface area contributed by atoms with Crippen molar-refractivity contribution >= 4 is 22.6 Å². The molecule has 0 saturated carbocycles. The highest BCUT2D eigenvalue weighted by atomic mass is 16.5. The zero-order chi connectivity index (χ0) is 18.8. The van der Waals surface area contributed by atoms with Crippen LogP contribution >= 0.6 is 0 Å². The van der Waals surface area contributed by atoms with E-state index in [1.807, 2.05) is 44.4 Å². The standard InChI is InChI=1S/C20H21N5O2/c1-25(2)15-5-3-14(4-6-15)16-10-17-19(22-8-7-21-17)20(24-16)27-12-13-9-18(26)23-11-13/h3-8,10,13H,9,11-12H2,1-2H3,(H,23,26)/t13-/m1/s1. The number of rotatable bonds is 5. The maximum absolute atomic E-state index is 11.4. The predicted octanol–water partition coefficient (Wildman–Crippen LogP) is 2.27. The molecular formula is C20H21N5O2. The van der Waals surface area contributed by atoms with E-state index in [0.717, 1.165) is 22.5 Å². The van der Waals surface area contributed by atoms with Crippen LogP contribution in [-0.2, 0) is 4.79 Å². The van der Waals surface area contributed by atoms with Gasteiger partial charge in [0.05, 0.1) is 17.8 Å². The Kier molecular flexibility index (Phi) is 4.58. The molecule has 0 unspecified atom stereocenters. The molecule has 1 amide bonds. The van der Waals surface area contributed by atoms with Gasteiger partial charge in [-0.25, -0.2) is 9.97 Å². The van der Waals surface area contributed by atoms with Gasteiger partial charge in [-0.3, -0.25) is 9.78 Å². The normalized spacial score (nSPS) is 16.4. The minimum Gasteiger partial charge on any atom is -0.476 e. The minimum absolute atomic E-state index is 0.0657. The van der Waals surface area contributed by atoms with E-state index in [1.54, 1.807) is 12.4 Å². The maximum atomic E-state index is 11.4. The van der Waals surface area contributed by atoms with Gasteiger partial charge in [-0.2, -0.15) is 0 Å². The van der Waals surface area contributed by atoms with Gasteiger partial charge in [-0.05, 0) is 18.2 Å². The van der Waals surface area contributed by atoms with Crippen molar-refractivity contribution in [2.24, 2.45) is 5.92 Å². The summed E-state index contributed by atoms with van der Waals surface area (Å²) in [6.45, 7) is 1.05. The molecule has 0 bridgehead atoms. The molecule has 2 aromatic heterocycles. The SMILES string of the molecule is CN(C)c1ccc(-c2cc3nccnc3c(OC[C@H]3CNC(=O)C3)n2)cc1. The molecule has 27 heavy (non-hydrogen) atoms. The molecule has 1 aliphatic heterocycles. The largest absolute Gasteiger partial charge is 0.476 e. The van der Waals surface area contributed by atoms with E-state index in [9.17, 15) is 4.79 Å². The number of carbonyl (C=O) groups excluding carboxylic acids is 1. The van der Waals surface area contributed by atoms with Crippen molar-refractivity contribution in [1.82, 2.24) is 20.3 Å². The topological polar surface area (TPSA) is 80.2 Å². The Morgan fingerprint density at radius 2 is 1.96 bits per heavy atom. The lowest BCUT2D eigenvalue weighted by Gasteiger charge is -2.14. The fourth-order valence-corrected chi connectivity index (χ4v) is 3.10. The maximum Gasteiger partial charge on any atom is 0.242 e. The van der Waals surface area contributed by atoms with Gasteiger partial charge in [-0.15, -0.1) is 0 Å². The first-order valence-corrected chi connectivity index (χ1v) is 8.89. The smallest absolute Gasteiger partial charge is 0.242 e. The lowest BCUT2D eigenvalue weighted by Crippen LogP contribution is -2.17. The van der Waals surface area contributed by atoms with Gasteiger partial charge in [0.2, 0.25) is 11.8 Å². The summed E-state index contributed by atoms with van der Waals surface area (Å²) in [5.41, 5.74) is 4.24. The van der Waals surface area contributed by atoms with Crippen LogP contribution in [0.2, 0.25) is 0 Å². The highest BCUT2D eigenvalue weighted by Crippen LogP contribution is 2.28. The number of benzene rings is 1. The molecule has 1 N–H and O–H groups in total. The third kappa shape index (κ3) is 3.67. The number of aromatic nitrogens is 3. The molecule has 4 rings (SSSR count). The fraction of sp³-hybridized carbons (Fsp3) is 0.300. The fourth-order valence-electron chi connectivity index (χ4n) is 3.10. The molecule has 3 heterocycles. The van der Waals surface area contributed by atoms with Gasteiger partial charge in [0, 0.05) is 56.6 Å². The van der Waals surface area contributed by atoms with Crippen molar-refractivity contribution in [2.75, 3.05) is 32.1 Å². The van der Waals surface area contributed by atoms with E-state index < -0.39 is 0 Å². The zero-order valence-electron chi connectivity index (χ0n) is 15.3. The van der Waals surface area contributed by atoms with Gasteiger partial charge in [0.25, 0.3) is 0 Å². The van der Waals surface area contributed by atoms with Crippen LogP contribution in [0.4, 0.5) is 5.69 Å². The van der Waals surface area contributed by atoms with Crippen molar-refractivity contribution in [2.45, 2.75) is 6.42 Å². The molecule has 7 nitrogen and oxygen atoms in total. The first-order chi connectivity index (χ1) is 13.1. The van der Waals surface area contributed by atoms with Crippen molar-refractivity contribution in [3.8, 4) is 17.1 Å². The molecule has 138 valence electrons. The minimum atomic E-state index is 0.0657. The summed E-state index contributed by atoms with van der Waals surface area (Å²) in [6, 6.07) is 10.1. The van der Waals surface area contributed by atoms with E-state index >= 15 is 0 Å². The van der Waals surface area contributed by atoms with Crippen molar-refractivity contribution in [3.63, 3.8) is 0 Å². The first-order valence-electron chi connectivity index (χ1n) is 8.89. The van der Waals surface area contributed by atoms with Gasteiger partial charge in [0.15, 0.2) is 5.52 Å². The average Bonchev–Trinajstić information content (AvgIpc) is 3.11. The summed E-state index contributed by atoms with van der Waals surface area (Å²) in [6.07, 6.45) is 3.77. The number of ether oxygens (including phenoxy) is 1. The second-order valence-corrected chi connectivity index (χ2v) is 6.86. The second kappa shape index (κ2) is 7.19. The predicted molar refractivity (Wildman–Crippen MR) is 104 cm³/mol. The Labute approximate surface area is 157 Å². The van der Waals surface area contributed by atoms with Crippen LogP contribution in [0.25, 0.3) is 22.3 Å². The molecule has 1 aliphatic rings. The monoisotopic (exact) mass is 363 g/mol. The van der Waals surface area contributed by atoms with Gasteiger partial charge >= 0.3 is 0 Å².